The van der Waals surface area contributed by atoms with Gasteiger partial charge in [0.15, 0.2) is 0 Å². The molecule has 23 heavy (non-hydrogen) atoms. The van der Waals surface area contributed by atoms with Crippen molar-refractivity contribution in [2.45, 2.75) is 45.1 Å². The SMILES string of the molecule is Cc1cc([N+](=O)[O-])cc(C)c1S(=O)(=O)NC(CC(C)C)C(=O)O. The highest BCUT2D eigenvalue weighted by atomic mass is 32.2. The van der Waals surface area contributed by atoms with Crippen molar-refractivity contribution in [1.29, 1.82) is 0 Å². The molecule has 0 aliphatic rings. The van der Waals surface area contributed by atoms with Gasteiger partial charge in [-0.3, -0.25) is 14.9 Å². The lowest BCUT2D eigenvalue weighted by Gasteiger charge is -2.18. The van der Waals surface area contributed by atoms with E-state index in [1.165, 1.54) is 13.8 Å². The molecular formula is C14H20N2O6S. The number of non-ortho nitro benzene ring substituents is 1. The molecule has 1 aromatic rings. The van der Waals surface area contributed by atoms with Crippen molar-refractivity contribution in [2.24, 2.45) is 5.92 Å². The quantitative estimate of drug-likeness (QED) is 0.575. The molecule has 1 unspecified atom stereocenters. The Morgan fingerprint density at radius 3 is 2.13 bits per heavy atom. The third-order valence-corrected chi connectivity index (χ3v) is 5.00. The zero-order valence-electron chi connectivity index (χ0n) is 13.4. The summed E-state index contributed by atoms with van der Waals surface area (Å²) >= 11 is 0. The van der Waals surface area contributed by atoms with E-state index in [2.05, 4.69) is 4.72 Å². The number of aliphatic carboxylic acids is 1. The maximum absolute atomic E-state index is 12.5. The second-order valence-corrected chi connectivity index (χ2v) is 7.46. The number of nitrogens with one attached hydrogen (secondary N) is 1. The van der Waals surface area contributed by atoms with E-state index in [9.17, 15) is 28.4 Å². The number of carboxylic acid groups (broad SMARTS) is 1. The smallest absolute Gasteiger partial charge is 0.321 e. The Labute approximate surface area is 134 Å². The highest BCUT2D eigenvalue weighted by Gasteiger charge is 2.29. The van der Waals surface area contributed by atoms with E-state index in [4.69, 9.17) is 0 Å². The monoisotopic (exact) mass is 344 g/mol. The topological polar surface area (TPSA) is 127 Å². The fraction of sp³-hybridized carbons (Fsp3) is 0.500. The summed E-state index contributed by atoms with van der Waals surface area (Å²) in [4.78, 5) is 21.3. The Hall–Kier alpha value is -2.00. The van der Waals surface area contributed by atoms with Crippen molar-refractivity contribution in [3.8, 4) is 0 Å². The Balaban J connectivity index is 3.28. The Morgan fingerprint density at radius 2 is 1.78 bits per heavy atom. The van der Waals surface area contributed by atoms with E-state index < -0.39 is 27.0 Å². The molecule has 0 aliphatic carbocycles. The fourth-order valence-electron chi connectivity index (χ4n) is 2.37. The first-order valence-corrected chi connectivity index (χ1v) is 8.44. The number of aryl methyl sites for hydroxylation is 2. The molecule has 0 fully saturated rings. The summed E-state index contributed by atoms with van der Waals surface area (Å²) in [5.41, 5.74) is 0.173. The lowest BCUT2D eigenvalue weighted by atomic mass is 10.1. The van der Waals surface area contributed by atoms with E-state index in [-0.39, 0.29) is 34.0 Å². The maximum Gasteiger partial charge on any atom is 0.321 e. The van der Waals surface area contributed by atoms with Gasteiger partial charge < -0.3 is 5.11 Å². The van der Waals surface area contributed by atoms with Crippen LogP contribution in [0.15, 0.2) is 17.0 Å². The van der Waals surface area contributed by atoms with E-state index in [1.54, 1.807) is 13.8 Å². The molecular weight excluding hydrogens is 324 g/mol. The second kappa shape index (κ2) is 7.05. The largest absolute Gasteiger partial charge is 0.480 e. The first kappa shape index (κ1) is 19.0. The molecule has 9 heteroatoms. The van der Waals surface area contributed by atoms with Gasteiger partial charge in [0, 0.05) is 12.1 Å². The van der Waals surface area contributed by atoms with Gasteiger partial charge in [-0.15, -0.1) is 0 Å². The molecule has 1 aromatic carbocycles. The van der Waals surface area contributed by atoms with Crippen LogP contribution in [0.1, 0.15) is 31.4 Å². The summed E-state index contributed by atoms with van der Waals surface area (Å²) in [7, 11) is -4.11. The number of nitro groups is 1. The third-order valence-electron chi connectivity index (χ3n) is 3.23. The van der Waals surface area contributed by atoms with Gasteiger partial charge >= 0.3 is 5.97 Å². The highest BCUT2D eigenvalue weighted by Crippen LogP contribution is 2.26. The van der Waals surface area contributed by atoms with E-state index in [0.717, 1.165) is 12.1 Å². The molecule has 0 amide bonds. The second-order valence-electron chi connectivity index (χ2n) is 5.81. The minimum absolute atomic E-state index is 0.0159. The third kappa shape index (κ3) is 4.73. The van der Waals surface area contributed by atoms with Gasteiger partial charge in [-0.25, -0.2) is 8.42 Å². The van der Waals surface area contributed by atoms with Crippen molar-refractivity contribution in [3.05, 3.63) is 33.4 Å². The van der Waals surface area contributed by atoms with E-state index >= 15 is 0 Å². The van der Waals surface area contributed by atoms with Crippen LogP contribution < -0.4 is 4.72 Å². The van der Waals surface area contributed by atoms with Crippen LogP contribution in [-0.2, 0) is 14.8 Å². The van der Waals surface area contributed by atoms with Crippen LogP contribution in [0.2, 0.25) is 0 Å². The van der Waals surface area contributed by atoms with Gasteiger partial charge in [0.25, 0.3) is 5.69 Å². The first-order chi connectivity index (χ1) is 10.5. The van der Waals surface area contributed by atoms with Crippen molar-refractivity contribution in [3.63, 3.8) is 0 Å². The predicted octanol–water partition coefficient (Wildman–Crippen LogP) is 1.99. The number of nitro benzene ring substituents is 1. The summed E-state index contributed by atoms with van der Waals surface area (Å²) in [5, 5.41) is 20.0. The first-order valence-electron chi connectivity index (χ1n) is 6.96. The average molecular weight is 344 g/mol. The number of rotatable bonds is 7. The molecule has 1 rings (SSSR count). The number of benzene rings is 1. The van der Waals surface area contributed by atoms with E-state index in [1.807, 2.05) is 0 Å². The highest BCUT2D eigenvalue weighted by molar-refractivity contribution is 7.89. The normalized spacial score (nSPS) is 13.1. The predicted molar refractivity (Wildman–Crippen MR) is 83.8 cm³/mol. The summed E-state index contributed by atoms with van der Waals surface area (Å²) in [6.45, 7) is 6.44. The molecule has 0 saturated heterocycles. The van der Waals surface area contributed by atoms with Crippen LogP contribution >= 0.6 is 0 Å². The number of carbonyl (C=O) groups is 1. The van der Waals surface area contributed by atoms with Gasteiger partial charge in [0.05, 0.1) is 9.82 Å². The van der Waals surface area contributed by atoms with Crippen LogP contribution in [-0.4, -0.2) is 30.5 Å². The molecule has 0 saturated carbocycles. The molecule has 128 valence electrons. The van der Waals surface area contributed by atoms with Crippen molar-refractivity contribution < 1.29 is 23.2 Å². The Kier molecular flexibility index (Phi) is 5.84. The summed E-state index contributed by atoms with van der Waals surface area (Å²) in [5.74, 6) is -1.28. The summed E-state index contributed by atoms with van der Waals surface area (Å²) in [6.07, 6.45) is 0.139. The zero-order chi connectivity index (χ0) is 17.9. The minimum Gasteiger partial charge on any atom is -0.480 e. The lowest BCUT2D eigenvalue weighted by molar-refractivity contribution is -0.385. The van der Waals surface area contributed by atoms with Gasteiger partial charge in [-0.2, -0.15) is 4.72 Å². The number of carboxylic acids is 1. The lowest BCUT2D eigenvalue weighted by Crippen LogP contribution is -2.42. The van der Waals surface area contributed by atoms with Gasteiger partial charge in [-0.1, -0.05) is 13.8 Å². The van der Waals surface area contributed by atoms with E-state index in [0.29, 0.717) is 0 Å². The molecule has 2 N–H and O–H groups in total. The van der Waals surface area contributed by atoms with Crippen molar-refractivity contribution in [1.82, 2.24) is 4.72 Å². The maximum atomic E-state index is 12.5. The van der Waals surface area contributed by atoms with Crippen molar-refractivity contribution >= 4 is 21.7 Å². The summed E-state index contributed by atoms with van der Waals surface area (Å²) in [6, 6.07) is 1.05. The Morgan fingerprint density at radius 1 is 1.30 bits per heavy atom. The van der Waals surface area contributed by atoms with Crippen LogP contribution in [0.4, 0.5) is 5.69 Å². The molecule has 0 aromatic heterocycles. The molecule has 8 nitrogen and oxygen atoms in total. The van der Waals surface area contributed by atoms with Gasteiger partial charge in [0.2, 0.25) is 10.0 Å². The van der Waals surface area contributed by atoms with Gasteiger partial charge in [-0.05, 0) is 37.3 Å². The average Bonchev–Trinajstić information content (AvgIpc) is 2.35. The van der Waals surface area contributed by atoms with Crippen LogP contribution in [0, 0.1) is 29.9 Å². The molecule has 0 bridgehead atoms. The standard InChI is InChI=1S/C14H20N2O6S/c1-8(2)5-12(14(17)18)15-23(21,22)13-9(3)6-11(16(19)20)7-10(13)4/h6-8,12,15H,5H2,1-4H3,(H,17,18). The number of hydrogen-bond donors (Lipinski definition) is 2. The minimum atomic E-state index is -4.11. The van der Waals surface area contributed by atoms with Crippen LogP contribution in [0.25, 0.3) is 0 Å². The molecule has 0 radical (unpaired) electrons. The van der Waals surface area contributed by atoms with Crippen LogP contribution in [0.5, 0.6) is 0 Å². The van der Waals surface area contributed by atoms with Gasteiger partial charge in [0.1, 0.15) is 6.04 Å². The summed E-state index contributed by atoms with van der Waals surface area (Å²) < 4.78 is 27.2. The number of sulfonamides is 1. The zero-order valence-corrected chi connectivity index (χ0v) is 14.2. The molecule has 0 aliphatic heterocycles. The number of hydrogen-bond acceptors (Lipinski definition) is 5. The van der Waals surface area contributed by atoms with Crippen LogP contribution in [0.3, 0.4) is 0 Å². The van der Waals surface area contributed by atoms with Crippen molar-refractivity contribution in [2.75, 3.05) is 0 Å². The molecule has 0 spiro atoms. The molecule has 1 atom stereocenters. The fourth-order valence-corrected chi connectivity index (χ4v) is 4.03. The number of nitrogens with zero attached hydrogens (tertiary/aromatic N) is 1. The molecule has 0 heterocycles. The Bertz CT molecular complexity index is 704.